The molecule has 3 heterocycles. The number of pyridine rings is 2. The summed E-state index contributed by atoms with van der Waals surface area (Å²) in [4.78, 5) is 12.6. The van der Waals surface area contributed by atoms with E-state index in [1.807, 2.05) is 35.0 Å². The minimum atomic E-state index is 0.475. The Labute approximate surface area is 98.0 Å². The van der Waals surface area contributed by atoms with Gasteiger partial charge in [-0.2, -0.15) is 0 Å². The Kier molecular flexibility index (Phi) is 2.22. The zero-order valence-electron chi connectivity index (χ0n) is 9.11. The van der Waals surface area contributed by atoms with Gasteiger partial charge in [0.2, 0.25) is 5.95 Å². The van der Waals surface area contributed by atoms with Gasteiger partial charge in [0.05, 0.1) is 6.54 Å². The fourth-order valence-corrected chi connectivity index (χ4v) is 1.81. The number of nitrogens with two attached hydrogens (primary N) is 1. The molecule has 0 aliphatic carbocycles. The maximum absolute atomic E-state index is 5.89. The third-order valence-electron chi connectivity index (χ3n) is 2.60. The lowest BCUT2D eigenvalue weighted by Crippen LogP contribution is -2.05. The smallest absolute Gasteiger partial charge is 0.202 e. The fraction of sp³-hybridized carbons (Fsp3) is 0.0833. The zero-order chi connectivity index (χ0) is 11.7. The summed E-state index contributed by atoms with van der Waals surface area (Å²) >= 11 is 0. The monoisotopic (exact) mass is 225 g/mol. The molecule has 0 aliphatic heterocycles. The van der Waals surface area contributed by atoms with Crippen LogP contribution in [0.5, 0.6) is 0 Å². The van der Waals surface area contributed by atoms with Crippen molar-refractivity contribution < 1.29 is 0 Å². The van der Waals surface area contributed by atoms with E-state index in [0.29, 0.717) is 12.5 Å². The first-order valence-electron chi connectivity index (χ1n) is 5.30. The van der Waals surface area contributed by atoms with Crippen LogP contribution in [0.2, 0.25) is 0 Å². The van der Waals surface area contributed by atoms with Crippen molar-refractivity contribution in [3.8, 4) is 0 Å². The van der Waals surface area contributed by atoms with Crippen LogP contribution in [0, 0.1) is 0 Å². The molecule has 0 atom stereocenters. The molecular formula is C12H11N5. The second kappa shape index (κ2) is 3.86. The van der Waals surface area contributed by atoms with Crippen LogP contribution in [0.3, 0.4) is 0 Å². The van der Waals surface area contributed by atoms with E-state index in [1.54, 1.807) is 12.4 Å². The number of nitrogen functional groups attached to an aromatic ring is 1. The predicted octanol–water partition coefficient (Wildman–Crippen LogP) is 1.46. The van der Waals surface area contributed by atoms with Gasteiger partial charge in [0.1, 0.15) is 5.52 Å². The maximum atomic E-state index is 5.89. The minimum absolute atomic E-state index is 0.475. The van der Waals surface area contributed by atoms with Crippen molar-refractivity contribution in [2.75, 3.05) is 5.73 Å². The Balaban J connectivity index is 2.08. The lowest BCUT2D eigenvalue weighted by atomic mass is 10.3. The fourth-order valence-electron chi connectivity index (χ4n) is 1.81. The highest BCUT2D eigenvalue weighted by Crippen LogP contribution is 2.16. The molecule has 0 bridgehead atoms. The summed E-state index contributed by atoms with van der Waals surface area (Å²) in [6.07, 6.45) is 5.30. The molecule has 2 N–H and O–H groups in total. The van der Waals surface area contributed by atoms with E-state index in [4.69, 9.17) is 5.73 Å². The molecule has 3 aromatic rings. The van der Waals surface area contributed by atoms with Crippen LogP contribution in [0.15, 0.2) is 42.9 Å². The number of fused-ring (bicyclic) bond motifs is 1. The molecule has 84 valence electrons. The molecule has 17 heavy (non-hydrogen) atoms. The molecule has 0 fully saturated rings. The quantitative estimate of drug-likeness (QED) is 0.716. The van der Waals surface area contributed by atoms with Crippen molar-refractivity contribution in [2.45, 2.75) is 6.54 Å². The van der Waals surface area contributed by atoms with E-state index >= 15 is 0 Å². The van der Waals surface area contributed by atoms with Crippen molar-refractivity contribution in [1.29, 1.82) is 0 Å². The van der Waals surface area contributed by atoms with E-state index in [-0.39, 0.29) is 0 Å². The van der Waals surface area contributed by atoms with Crippen molar-refractivity contribution in [3.63, 3.8) is 0 Å². The molecule has 3 aromatic heterocycles. The SMILES string of the molecule is Nc1nc2cccnc2n1Cc1cccnc1. The summed E-state index contributed by atoms with van der Waals surface area (Å²) in [5.41, 5.74) is 8.58. The molecule has 0 spiro atoms. The number of nitrogens with zero attached hydrogens (tertiary/aromatic N) is 4. The Morgan fingerprint density at radius 3 is 2.88 bits per heavy atom. The Bertz CT molecular complexity index is 644. The van der Waals surface area contributed by atoms with Gasteiger partial charge in [0, 0.05) is 18.6 Å². The van der Waals surface area contributed by atoms with E-state index in [0.717, 1.165) is 16.7 Å². The molecule has 0 amide bonds. The van der Waals surface area contributed by atoms with Gasteiger partial charge in [0.25, 0.3) is 0 Å². The summed E-state index contributed by atoms with van der Waals surface area (Å²) in [5.74, 6) is 0.475. The highest BCUT2D eigenvalue weighted by Gasteiger charge is 2.08. The van der Waals surface area contributed by atoms with Gasteiger partial charge < -0.3 is 5.73 Å². The van der Waals surface area contributed by atoms with Crippen LogP contribution in [0.1, 0.15) is 5.56 Å². The number of rotatable bonds is 2. The Morgan fingerprint density at radius 1 is 1.18 bits per heavy atom. The van der Waals surface area contributed by atoms with E-state index in [9.17, 15) is 0 Å². The first-order chi connectivity index (χ1) is 8.34. The minimum Gasteiger partial charge on any atom is -0.369 e. The number of anilines is 1. The second-order valence-corrected chi connectivity index (χ2v) is 3.76. The second-order valence-electron chi connectivity index (χ2n) is 3.76. The number of imidazole rings is 1. The highest BCUT2D eigenvalue weighted by atomic mass is 15.2. The maximum Gasteiger partial charge on any atom is 0.202 e. The van der Waals surface area contributed by atoms with Gasteiger partial charge in [-0.25, -0.2) is 9.97 Å². The average Bonchev–Trinajstić information content (AvgIpc) is 2.68. The van der Waals surface area contributed by atoms with Gasteiger partial charge in [0.15, 0.2) is 5.65 Å². The molecule has 0 saturated carbocycles. The lowest BCUT2D eigenvalue weighted by molar-refractivity contribution is 0.823. The van der Waals surface area contributed by atoms with Crippen LogP contribution < -0.4 is 5.73 Å². The molecule has 0 aliphatic rings. The normalized spacial score (nSPS) is 10.8. The van der Waals surface area contributed by atoms with Crippen LogP contribution >= 0.6 is 0 Å². The van der Waals surface area contributed by atoms with Crippen LogP contribution in [0.25, 0.3) is 11.2 Å². The summed E-state index contributed by atoms with van der Waals surface area (Å²) in [6.45, 7) is 0.632. The van der Waals surface area contributed by atoms with E-state index < -0.39 is 0 Å². The molecule has 0 aromatic carbocycles. The summed E-state index contributed by atoms with van der Waals surface area (Å²) in [6, 6.07) is 7.65. The van der Waals surface area contributed by atoms with E-state index in [2.05, 4.69) is 15.0 Å². The topological polar surface area (TPSA) is 69.6 Å². The van der Waals surface area contributed by atoms with Gasteiger partial charge in [-0.3, -0.25) is 9.55 Å². The van der Waals surface area contributed by atoms with Crippen LogP contribution in [-0.2, 0) is 6.54 Å². The number of hydrogen-bond acceptors (Lipinski definition) is 4. The summed E-state index contributed by atoms with van der Waals surface area (Å²) in [5, 5.41) is 0. The van der Waals surface area contributed by atoms with Gasteiger partial charge in [-0.1, -0.05) is 6.07 Å². The standard InChI is InChI=1S/C12H11N5/c13-12-16-10-4-2-6-15-11(10)17(12)8-9-3-1-5-14-7-9/h1-7H,8H2,(H2,13,16). The molecular weight excluding hydrogens is 214 g/mol. The largest absolute Gasteiger partial charge is 0.369 e. The zero-order valence-corrected chi connectivity index (χ0v) is 9.11. The molecule has 0 radical (unpaired) electrons. The molecule has 0 saturated heterocycles. The Morgan fingerprint density at radius 2 is 2.06 bits per heavy atom. The third kappa shape index (κ3) is 1.71. The number of hydrogen-bond donors (Lipinski definition) is 1. The molecule has 5 nitrogen and oxygen atoms in total. The first kappa shape index (κ1) is 9.77. The van der Waals surface area contributed by atoms with Gasteiger partial charge >= 0.3 is 0 Å². The van der Waals surface area contributed by atoms with Crippen LogP contribution in [0.4, 0.5) is 5.95 Å². The third-order valence-corrected chi connectivity index (χ3v) is 2.60. The average molecular weight is 225 g/mol. The summed E-state index contributed by atoms with van der Waals surface area (Å²) in [7, 11) is 0. The van der Waals surface area contributed by atoms with Crippen molar-refractivity contribution >= 4 is 17.1 Å². The predicted molar refractivity (Wildman–Crippen MR) is 65.3 cm³/mol. The van der Waals surface area contributed by atoms with Crippen LogP contribution in [-0.4, -0.2) is 19.5 Å². The Hall–Kier alpha value is -2.43. The molecule has 5 heteroatoms. The van der Waals surface area contributed by atoms with E-state index in [1.165, 1.54) is 0 Å². The summed E-state index contributed by atoms with van der Waals surface area (Å²) < 4.78 is 1.88. The molecule has 0 unspecified atom stereocenters. The van der Waals surface area contributed by atoms with Crippen molar-refractivity contribution in [2.24, 2.45) is 0 Å². The first-order valence-corrected chi connectivity index (χ1v) is 5.30. The van der Waals surface area contributed by atoms with Gasteiger partial charge in [-0.15, -0.1) is 0 Å². The number of aromatic nitrogens is 4. The highest BCUT2D eigenvalue weighted by molar-refractivity contribution is 5.73. The van der Waals surface area contributed by atoms with Gasteiger partial charge in [-0.05, 0) is 23.8 Å². The van der Waals surface area contributed by atoms with Crippen molar-refractivity contribution in [3.05, 3.63) is 48.4 Å². The molecule has 3 rings (SSSR count). The lowest BCUT2D eigenvalue weighted by Gasteiger charge is -2.04. The van der Waals surface area contributed by atoms with Crippen molar-refractivity contribution in [1.82, 2.24) is 19.5 Å².